The quantitative estimate of drug-likeness (QED) is 0.826. The van der Waals surface area contributed by atoms with Crippen LogP contribution in [0.1, 0.15) is 5.56 Å². The second-order valence-corrected chi connectivity index (χ2v) is 5.52. The number of rotatable bonds is 4. The lowest BCUT2D eigenvalue weighted by molar-refractivity contribution is -0.136. The molecule has 0 atom stereocenters. The van der Waals surface area contributed by atoms with Gasteiger partial charge in [-0.25, -0.2) is 4.39 Å². The van der Waals surface area contributed by atoms with E-state index in [0.29, 0.717) is 10.6 Å². The van der Waals surface area contributed by atoms with Crippen LogP contribution in [0.5, 0.6) is 0 Å². The molecule has 0 radical (unpaired) electrons. The Balaban J connectivity index is 1.87. The van der Waals surface area contributed by atoms with Crippen LogP contribution in [0, 0.1) is 5.82 Å². The fourth-order valence-corrected chi connectivity index (χ4v) is 2.20. The maximum absolute atomic E-state index is 13.4. The van der Waals surface area contributed by atoms with Crippen LogP contribution < -0.4 is 10.6 Å². The zero-order valence-electron chi connectivity index (χ0n) is 11.9. The lowest BCUT2D eigenvalue weighted by Gasteiger charge is -2.08. The van der Waals surface area contributed by atoms with Crippen LogP contribution in [0.25, 0.3) is 0 Å². The molecular formula is C16H13Cl2FN2O2. The van der Waals surface area contributed by atoms with Crippen molar-refractivity contribution in [2.24, 2.45) is 0 Å². The van der Waals surface area contributed by atoms with Gasteiger partial charge in [-0.1, -0.05) is 41.4 Å². The number of carbonyl (C=O) groups is 2. The first-order valence-corrected chi connectivity index (χ1v) is 7.50. The molecule has 0 heterocycles. The SMILES string of the molecule is O=C(NCCc1ccccc1F)C(=O)Nc1cc(Cl)ccc1Cl. The van der Waals surface area contributed by atoms with Gasteiger partial charge in [-0.05, 0) is 36.2 Å². The minimum absolute atomic E-state index is 0.135. The van der Waals surface area contributed by atoms with Crippen LogP contribution in [0.3, 0.4) is 0 Å². The number of benzene rings is 2. The highest BCUT2D eigenvalue weighted by molar-refractivity contribution is 6.42. The molecule has 0 spiro atoms. The molecule has 0 aromatic heterocycles. The predicted octanol–water partition coefficient (Wildman–Crippen LogP) is 3.43. The van der Waals surface area contributed by atoms with Crippen molar-refractivity contribution in [3.63, 3.8) is 0 Å². The molecule has 2 aromatic carbocycles. The van der Waals surface area contributed by atoms with Crippen LogP contribution in [0.4, 0.5) is 10.1 Å². The van der Waals surface area contributed by atoms with Crippen molar-refractivity contribution in [2.75, 3.05) is 11.9 Å². The molecule has 2 amide bonds. The number of carbonyl (C=O) groups excluding carboxylic acids is 2. The topological polar surface area (TPSA) is 58.2 Å². The summed E-state index contributed by atoms with van der Waals surface area (Å²) in [6.45, 7) is 0.135. The molecule has 7 heteroatoms. The molecule has 0 bridgehead atoms. The molecule has 120 valence electrons. The van der Waals surface area contributed by atoms with Crippen LogP contribution in [-0.2, 0) is 16.0 Å². The average molecular weight is 355 g/mol. The zero-order valence-corrected chi connectivity index (χ0v) is 13.4. The maximum atomic E-state index is 13.4. The summed E-state index contributed by atoms with van der Waals surface area (Å²) < 4.78 is 13.4. The molecule has 0 aliphatic rings. The summed E-state index contributed by atoms with van der Waals surface area (Å²) in [7, 11) is 0. The van der Waals surface area contributed by atoms with E-state index in [4.69, 9.17) is 23.2 Å². The van der Waals surface area contributed by atoms with Crippen molar-refractivity contribution in [3.05, 3.63) is 63.9 Å². The van der Waals surface area contributed by atoms with Gasteiger partial charge in [0, 0.05) is 11.6 Å². The largest absolute Gasteiger partial charge is 0.347 e. The average Bonchev–Trinajstić information content (AvgIpc) is 2.52. The lowest BCUT2D eigenvalue weighted by atomic mass is 10.1. The smallest absolute Gasteiger partial charge is 0.313 e. The molecule has 0 aliphatic heterocycles. The zero-order chi connectivity index (χ0) is 16.8. The fraction of sp³-hybridized carbons (Fsp3) is 0.125. The van der Waals surface area contributed by atoms with Crippen molar-refractivity contribution >= 4 is 40.7 Å². The van der Waals surface area contributed by atoms with E-state index in [1.54, 1.807) is 24.3 Å². The second kappa shape index (κ2) is 7.94. The molecule has 0 saturated heterocycles. The number of anilines is 1. The minimum atomic E-state index is -0.872. The minimum Gasteiger partial charge on any atom is -0.347 e. The Bertz CT molecular complexity index is 738. The summed E-state index contributed by atoms with van der Waals surface area (Å²) in [6.07, 6.45) is 0.281. The summed E-state index contributed by atoms with van der Waals surface area (Å²) in [4.78, 5) is 23.5. The standard InChI is InChI=1S/C16H13Cl2FN2O2/c17-11-5-6-12(18)14(9-11)21-16(23)15(22)20-8-7-10-3-1-2-4-13(10)19/h1-6,9H,7-8H2,(H,20,22)(H,21,23). The van der Waals surface area contributed by atoms with Gasteiger partial charge in [0.2, 0.25) is 0 Å². The van der Waals surface area contributed by atoms with Crippen molar-refractivity contribution in [2.45, 2.75) is 6.42 Å². The van der Waals surface area contributed by atoms with E-state index in [1.807, 2.05) is 0 Å². The van der Waals surface area contributed by atoms with E-state index in [-0.39, 0.29) is 29.5 Å². The van der Waals surface area contributed by atoms with Crippen LogP contribution in [0.2, 0.25) is 10.0 Å². The van der Waals surface area contributed by atoms with Crippen molar-refractivity contribution < 1.29 is 14.0 Å². The predicted molar refractivity (Wildman–Crippen MR) is 88.2 cm³/mol. The molecule has 23 heavy (non-hydrogen) atoms. The monoisotopic (exact) mass is 354 g/mol. The number of amides is 2. The normalized spacial score (nSPS) is 10.2. The van der Waals surface area contributed by atoms with Crippen molar-refractivity contribution in [1.29, 1.82) is 0 Å². The van der Waals surface area contributed by atoms with Gasteiger partial charge in [0.15, 0.2) is 0 Å². The number of hydrogen-bond acceptors (Lipinski definition) is 2. The third-order valence-corrected chi connectivity index (χ3v) is 3.59. The summed E-state index contributed by atoms with van der Waals surface area (Å²) >= 11 is 11.7. The van der Waals surface area contributed by atoms with Gasteiger partial charge in [-0.3, -0.25) is 9.59 Å². The van der Waals surface area contributed by atoms with Gasteiger partial charge in [-0.15, -0.1) is 0 Å². The molecular weight excluding hydrogens is 342 g/mol. The highest BCUT2D eigenvalue weighted by Crippen LogP contribution is 2.25. The molecule has 0 aliphatic carbocycles. The first-order valence-electron chi connectivity index (χ1n) is 6.75. The van der Waals surface area contributed by atoms with E-state index in [9.17, 15) is 14.0 Å². The van der Waals surface area contributed by atoms with Crippen LogP contribution >= 0.6 is 23.2 Å². The van der Waals surface area contributed by atoms with E-state index < -0.39 is 11.8 Å². The molecule has 0 fully saturated rings. The van der Waals surface area contributed by atoms with Crippen molar-refractivity contribution in [1.82, 2.24) is 5.32 Å². The van der Waals surface area contributed by atoms with E-state index in [0.717, 1.165) is 0 Å². The Labute approximate surface area is 142 Å². The second-order valence-electron chi connectivity index (χ2n) is 4.68. The Morgan fingerprint density at radius 3 is 2.52 bits per heavy atom. The highest BCUT2D eigenvalue weighted by atomic mass is 35.5. The molecule has 0 saturated carbocycles. The summed E-state index contributed by atoms with van der Waals surface area (Å²) in [6, 6.07) is 10.8. The third-order valence-electron chi connectivity index (χ3n) is 3.02. The van der Waals surface area contributed by atoms with Gasteiger partial charge in [0.25, 0.3) is 0 Å². The number of nitrogens with one attached hydrogen (secondary N) is 2. The van der Waals surface area contributed by atoms with E-state index in [2.05, 4.69) is 10.6 Å². The third kappa shape index (κ3) is 4.94. The Hall–Kier alpha value is -2.11. The van der Waals surface area contributed by atoms with E-state index >= 15 is 0 Å². The summed E-state index contributed by atoms with van der Waals surface area (Å²) in [5.41, 5.74) is 0.708. The van der Waals surface area contributed by atoms with Crippen molar-refractivity contribution in [3.8, 4) is 0 Å². The maximum Gasteiger partial charge on any atom is 0.313 e. The Kier molecular flexibility index (Phi) is 5.96. The Morgan fingerprint density at radius 1 is 1.04 bits per heavy atom. The number of hydrogen-bond donors (Lipinski definition) is 2. The van der Waals surface area contributed by atoms with Gasteiger partial charge in [0.1, 0.15) is 5.82 Å². The Morgan fingerprint density at radius 2 is 1.78 bits per heavy atom. The lowest BCUT2D eigenvalue weighted by Crippen LogP contribution is -2.36. The van der Waals surface area contributed by atoms with Crippen LogP contribution in [0.15, 0.2) is 42.5 Å². The first kappa shape index (κ1) is 17.2. The van der Waals surface area contributed by atoms with Gasteiger partial charge < -0.3 is 10.6 Å². The van der Waals surface area contributed by atoms with Gasteiger partial charge in [0.05, 0.1) is 10.7 Å². The van der Waals surface area contributed by atoms with Gasteiger partial charge in [-0.2, -0.15) is 0 Å². The molecule has 2 aromatic rings. The van der Waals surface area contributed by atoms with E-state index in [1.165, 1.54) is 18.2 Å². The summed E-state index contributed by atoms with van der Waals surface area (Å²) in [5, 5.41) is 5.43. The molecule has 2 rings (SSSR count). The van der Waals surface area contributed by atoms with Gasteiger partial charge >= 0.3 is 11.8 Å². The molecule has 4 nitrogen and oxygen atoms in total. The first-order chi connectivity index (χ1) is 11.0. The highest BCUT2D eigenvalue weighted by Gasteiger charge is 2.15. The van der Waals surface area contributed by atoms with Crippen LogP contribution in [-0.4, -0.2) is 18.4 Å². The molecule has 0 unspecified atom stereocenters. The fourth-order valence-electron chi connectivity index (χ4n) is 1.86. The molecule has 2 N–H and O–H groups in total. The number of halogens is 3. The summed E-state index contributed by atoms with van der Waals surface area (Å²) in [5.74, 6) is -2.06.